The molecule has 2 heterocycles. The second-order valence-electron chi connectivity index (χ2n) is 7.38. The number of nitriles is 1. The predicted molar refractivity (Wildman–Crippen MR) is 107 cm³/mol. The number of rotatable bonds is 5. The molecule has 1 atom stereocenters. The normalized spacial score (nSPS) is 21.2. The van der Waals surface area contributed by atoms with Crippen LogP contribution in [0.2, 0.25) is 0 Å². The fourth-order valence-corrected chi connectivity index (χ4v) is 5.16. The molecule has 7 nitrogen and oxygen atoms in total. The van der Waals surface area contributed by atoms with Gasteiger partial charge in [-0.15, -0.1) is 0 Å². The first kappa shape index (κ1) is 20.8. The zero-order chi connectivity index (χ0) is 20.1. The summed E-state index contributed by atoms with van der Waals surface area (Å²) >= 11 is 0. The number of carbonyl (C=O) groups is 1. The standard InChI is InChI=1S/C20H28N4O3S/c1-2-28(26,27)24-10-8-18(9-11-24)20(25)23-14-12-22(13-15-23)19(16-21)17-6-4-3-5-7-17/h3-7,18-19H,2,8-15H2,1H3. The maximum atomic E-state index is 12.9. The molecule has 0 N–H and O–H groups in total. The maximum absolute atomic E-state index is 12.9. The third-order valence-corrected chi connectivity index (χ3v) is 7.67. The van der Waals surface area contributed by atoms with Gasteiger partial charge in [-0.1, -0.05) is 30.3 Å². The molecule has 0 radical (unpaired) electrons. The molecule has 0 aliphatic carbocycles. The Morgan fingerprint density at radius 3 is 2.25 bits per heavy atom. The number of amides is 1. The van der Waals surface area contributed by atoms with Crippen molar-refractivity contribution >= 4 is 15.9 Å². The van der Waals surface area contributed by atoms with Gasteiger partial charge in [0.2, 0.25) is 15.9 Å². The summed E-state index contributed by atoms with van der Waals surface area (Å²) in [5.41, 5.74) is 0.981. The first-order chi connectivity index (χ1) is 13.5. The smallest absolute Gasteiger partial charge is 0.225 e. The van der Waals surface area contributed by atoms with Crippen LogP contribution in [0.15, 0.2) is 30.3 Å². The average molecular weight is 405 g/mol. The average Bonchev–Trinajstić information content (AvgIpc) is 2.75. The van der Waals surface area contributed by atoms with Crippen molar-refractivity contribution in [2.75, 3.05) is 45.0 Å². The quantitative estimate of drug-likeness (QED) is 0.742. The molecule has 1 amide bonds. The number of piperidine rings is 1. The maximum Gasteiger partial charge on any atom is 0.225 e. The van der Waals surface area contributed by atoms with Crippen LogP contribution in [0.5, 0.6) is 0 Å². The molecule has 1 aromatic rings. The Morgan fingerprint density at radius 1 is 1.11 bits per heavy atom. The van der Waals surface area contributed by atoms with Crippen molar-refractivity contribution in [3.63, 3.8) is 0 Å². The Labute approximate surface area is 167 Å². The number of benzene rings is 1. The molecular formula is C20H28N4O3S. The van der Waals surface area contributed by atoms with Crippen LogP contribution < -0.4 is 0 Å². The zero-order valence-electron chi connectivity index (χ0n) is 16.3. The van der Waals surface area contributed by atoms with E-state index in [0.29, 0.717) is 52.1 Å². The van der Waals surface area contributed by atoms with Crippen LogP contribution in [0.3, 0.4) is 0 Å². The van der Waals surface area contributed by atoms with Gasteiger partial charge in [0, 0.05) is 45.2 Å². The van der Waals surface area contributed by atoms with Gasteiger partial charge in [-0.25, -0.2) is 12.7 Å². The molecule has 2 aliphatic rings. The van der Waals surface area contributed by atoms with Gasteiger partial charge in [-0.05, 0) is 25.3 Å². The summed E-state index contributed by atoms with van der Waals surface area (Å²) in [5.74, 6) is 0.131. The highest BCUT2D eigenvalue weighted by molar-refractivity contribution is 7.89. The van der Waals surface area contributed by atoms with E-state index in [9.17, 15) is 18.5 Å². The van der Waals surface area contributed by atoms with Gasteiger partial charge in [0.15, 0.2) is 0 Å². The largest absolute Gasteiger partial charge is 0.340 e. The summed E-state index contributed by atoms with van der Waals surface area (Å²) in [7, 11) is -3.17. The van der Waals surface area contributed by atoms with Gasteiger partial charge in [0.25, 0.3) is 0 Å². The van der Waals surface area contributed by atoms with E-state index in [4.69, 9.17) is 0 Å². The van der Waals surface area contributed by atoms with Crippen molar-refractivity contribution in [2.45, 2.75) is 25.8 Å². The lowest BCUT2D eigenvalue weighted by atomic mass is 9.96. The third kappa shape index (κ3) is 4.54. The topological polar surface area (TPSA) is 84.7 Å². The number of hydrogen-bond acceptors (Lipinski definition) is 5. The molecule has 2 fully saturated rings. The van der Waals surface area contributed by atoms with E-state index < -0.39 is 10.0 Å². The van der Waals surface area contributed by atoms with Crippen molar-refractivity contribution in [1.29, 1.82) is 5.26 Å². The summed E-state index contributed by atoms with van der Waals surface area (Å²) in [6.07, 6.45) is 1.17. The van der Waals surface area contributed by atoms with E-state index in [1.54, 1.807) is 6.92 Å². The number of carbonyl (C=O) groups excluding carboxylic acids is 1. The third-order valence-electron chi connectivity index (χ3n) is 5.79. The summed E-state index contributed by atoms with van der Waals surface area (Å²) in [6, 6.07) is 11.8. The van der Waals surface area contributed by atoms with Gasteiger partial charge >= 0.3 is 0 Å². The Bertz CT molecular complexity index is 806. The molecule has 0 saturated carbocycles. The van der Waals surface area contributed by atoms with Crippen LogP contribution in [0.25, 0.3) is 0 Å². The van der Waals surface area contributed by atoms with Crippen molar-refractivity contribution in [2.24, 2.45) is 5.92 Å². The highest BCUT2D eigenvalue weighted by atomic mass is 32.2. The zero-order valence-corrected chi connectivity index (χ0v) is 17.1. The molecule has 1 unspecified atom stereocenters. The summed E-state index contributed by atoms with van der Waals surface area (Å²) in [4.78, 5) is 16.9. The van der Waals surface area contributed by atoms with E-state index in [1.165, 1.54) is 4.31 Å². The van der Waals surface area contributed by atoms with Crippen LogP contribution in [0.1, 0.15) is 31.4 Å². The minimum absolute atomic E-state index is 0.101. The van der Waals surface area contributed by atoms with Crippen molar-refractivity contribution in [3.05, 3.63) is 35.9 Å². The molecular weight excluding hydrogens is 376 g/mol. The van der Waals surface area contributed by atoms with E-state index in [2.05, 4.69) is 11.0 Å². The lowest BCUT2D eigenvalue weighted by Crippen LogP contribution is -2.52. The first-order valence-corrected chi connectivity index (χ1v) is 11.5. The monoisotopic (exact) mass is 404 g/mol. The number of nitrogens with zero attached hydrogens (tertiary/aromatic N) is 4. The second kappa shape index (κ2) is 9.03. The van der Waals surface area contributed by atoms with Gasteiger partial charge in [0.1, 0.15) is 6.04 Å². The molecule has 28 heavy (non-hydrogen) atoms. The SMILES string of the molecule is CCS(=O)(=O)N1CCC(C(=O)N2CCN(C(C#N)c3ccccc3)CC2)CC1. The number of piperazine rings is 1. The van der Waals surface area contributed by atoms with Crippen molar-refractivity contribution in [1.82, 2.24) is 14.1 Å². The van der Waals surface area contributed by atoms with E-state index >= 15 is 0 Å². The molecule has 1 aromatic carbocycles. The molecule has 0 aromatic heterocycles. The predicted octanol–water partition coefficient (Wildman–Crippen LogP) is 1.46. The van der Waals surface area contributed by atoms with E-state index in [0.717, 1.165) is 5.56 Å². The minimum atomic E-state index is -3.17. The Morgan fingerprint density at radius 2 is 1.71 bits per heavy atom. The van der Waals surface area contributed by atoms with Crippen LogP contribution in [0.4, 0.5) is 0 Å². The molecule has 3 rings (SSSR count). The lowest BCUT2D eigenvalue weighted by molar-refractivity contribution is -0.138. The Kier molecular flexibility index (Phi) is 6.70. The molecule has 2 saturated heterocycles. The number of hydrogen-bond donors (Lipinski definition) is 0. The molecule has 0 bridgehead atoms. The number of sulfonamides is 1. The second-order valence-corrected chi connectivity index (χ2v) is 9.64. The van der Waals surface area contributed by atoms with Crippen molar-refractivity contribution in [3.8, 4) is 6.07 Å². The van der Waals surface area contributed by atoms with Crippen LogP contribution in [-0.4, -0.2) is 73.5 Å². The lowest BCUT2D eigenvalue weighted by Gasteiger charge is -2.39. The van der Waals surface area contributed by atoms with E-state index in [-0.39, 0.29) is 23.6 Å². The van der Waals surface area contributed by atoms with Gasteiger partial charge in [-0.3, -0.25) is 9.69 Å². The van der Waals surface area contributed by atoms with E-state index in [1.807, 2.05) is 35.2 Å². The fraction of sp³-hybridized carbons (Fsp3) is 0.600. The highest BCUT2D eigenvalue weighted by Crippen LogP contribution is 2.25. The Hall–Kier alpha value is -1.95. The molecule has 8 heteroatoms. The van der Waals surface area contributed by atoms with Crippen LogP contribution in [-0.2, 0) is 14.8 Å². The van der Waals surface area contributed by atoms with Gasteiger partial charge in [0.05, 0.1) is 11.8 Å². The van der Waals surface area contributed by atoms with Gasteiger partial charge < -0.3 is 4.90 Å². The Balaban J connectivity index is 1.53. The summed E-state index contributed by atoms with van der Waals surface area (Å²) < 4.78 is 25.5. The van der Waals surface area contributed by atoms with Crippen LogP contribution in [0, 0.1) is 17.2 Å². The fourth-order valence-electron chi connectivity index (χ4n) is 4.02. The molecule has 0 spiro atoms. The summed E-state index contributed by atoms with van der Waals surface area (Å²) in [6.45, 7) is 5.06. The summed E-state index contributed by atoms with van der Waals surface area (Å²) in [5, 5.41) is 9.60. The first-order valence-electron chi connectivity index (χ1n) is 9.91. The van der Waals surface area contributed by atoms with Crippen LogP contribution >= 0.6 is 0 Å². The highest BCUT2D eigenvalue weighted by Gasteiger charge is 2.34. The molecule has 152 valence electrons. The minimum Gasteiger partial charge on any atom is -0.340 e. The molecule has 2 aliphatic heterocycles. The van der Waals surface area contributed by atoms with Crippen molar-refractivity contribution < 1.29 is 13.2 Å². The van der Waals surface area contributed by atoms with Gasteiger partial charge in [-0.2, -0.15) is 5.26 Å².